The van der Waals surface area contributed by atoms with Gasteiger partial charge in [0, 0.05) is 26.4 Å². The largest absolute Gasteiger partial charge is 0.439 e. The number of carbonyl (C=O) groups excluding carboxylic acids is 1. The van der Waals surface area contributed by atoms with Crippen molar-refractivity contribution in [2.24, 2.45) is 5.92 Å². The van der Waals surface area contributed by atoms with Crippen molar-refractivity contribution >= 4 is 6.09 Å². The molecule has 0 radical (unpaired) electrons. The maximum absolute atomic E-state index is 13.7. The second kappa shape index (κ2) is 11.9. The summed E-state index contributed by atoms with van der Waals surface area (Å²) >= 11 is 0. The summed E-state index contributed by atoms with van der Waals surface area (Å²) < 4.78 is 138. The highest BCUT2D eigenvalue weighted by Gasteiger charge is 2.44. The molecule has 0 spiro atoms. The molecule has 2 fully saturated rings. The molecule has 4 rings (SSSR count). The smallest absolute Gasteiger partial charge is 0.416 e. The van der Waals surface area contributed by atoms with Gasteiger partial charge in [-0.2, -0.15) is 39.5 Å². The standard InChI is InChI=1S/C28H28F9NO4/c1-3-41-24(16-6-8-40-9-7-16)22-5-4-19(26(29,30)31)12-18(22)14-38-15(2)23(42-25(38)39)17-10-20(27(32,33)34)13-21(11-17)28(35,36)37/h4-5,10-13,15-16,23-24H,3,6-9,14H2,1-2H3/t15-,23-,24?/m0/s1. The van der Waals surface area contributed by atoms with Gasteiger partial charge < -0.3 is 14.2 Å². The number of carbonyl (C=O) groups is 1. The number of halogens is 9. The van der Waals surface area contributed by atoms with Crippen LogP contribution in [0.2, 0.25) is 0 Å². The molecule has 2 heterocycles. The van der Waals surface area contributed by atoms with Gasteiger partial charge in [0.2, 0.25) is 0 Å². The fourth-order valence-electron chi connectivity index (χ4n) is 5.36. The van der Waals surface area contributed by atoms with Crippen molar-refractivity contribution in [2.75, 3.05) is 19.8 Å². The van der Waals surface area contributed by atoms with Crippen molar-refractivity contribution in [1.29, 1.82) is 0 Å². The predicted octanol–water partition coefficient (Wildman–Crippen LogP) is 8.33. The van der Waals surface area contributed by atoms with Gasteiger partial charge in [0.05, 0.1) is 28.8 Å². The first-order chi connectivity index (χ1) is 19.5. The summed E-state index contributed by atoms with van der Waals surface area (Å²) in [5, 5.41) is 0. The SMILES string of the molecule is CCOC(c1ccc(C(F)(F)F)cc1CN1C(=O)O[C@H](c2cc(C(F)(F)F)cc(C(F)(F)F)c2)[C@@H]1C)C1CCOCC1. The minimum Gasteiger partial charge on any atom is -0.439 e. The van der Waals surface area contributed by atoms with Crippen LogP contribution in [-0.2, 0) is 39.3 Å². The van der Waals surface area contributed by atoms with E-state index in [2.05, 4.69) is 0 Å². The fourth-order valence-corrected chi connectivity index (χ4v) is 5.36. The van der Waals surface area contributed by atoms with Crippen LogP contribution in [0.5, 0.6) is 0 Å². The molecule has 1 amide bonds. The average Bonchev–Trinajstić information content (AvgIpc) is 3.19. The van der Waals surface area contributed by atoms with Crippen LogP contribution < -0.4 is 0 Å². The van der Waals surface area contributed by atoms with Crippen molar-refractivity contribution in [3.63, 3.8) is 0 Å². The summed E-state index contributed by atoms with van der Waals surface area (Å²) in [6, 6.07) is 2.83. The third-order valence-corrected chi connectivity index (χ3v) is 7.49. The van der Waals surface area contributed by atoms with Gasteiger partial charge in [0.15, 0.2) is 0 Å². The summed E-state index contributed by atoms with van der Waals surface area (Å²) in [6.07, 6.45) is -17.1. The van der Waals surface area contributed by atoms with Crippen molar-refractivity contribution in [1.82, 2.24) is 4.90 Å². The van der Waals surface area contributed by atoms with Crippen molar-refractivity contribution in [3.8, 4) is 0 Å². The van der Waals surface area contributed by atoms with Crippen molar-refractivity contribution in [2.45, 2.75) is 70.0 Å². The topological polar surface area (TPSA) is 48.0 Å². The molecule has 5 nitrogen and oxygen atoms in total. The van der Waals surface area contributed by atoms with Crippen molar-refractivity contribution in [3.05, 3.63) is 69.8 Å². The van der Waals surface area contributed by atoms with Crippen LogP contribution in [0, 0.1) is 5.92 Å². The van der Waals surface area contributed by atoms with E-state index in [-0.39, 0.29) is 24.2 Å². The Hall–Kier alpha value is -3.00. The molecule has 0 bridgehead atoms. The number of rotatable bonds is 7. The molecule has 3 atom stereocenters. The van der Waals surface area contributed by atoms with E-state index in [0.29, 0.717) is 43.8 Å². The Morgan fingerprint density at radius 2 is 1.45 bits per heavy atom. The normalized spacial score (nSPS) is 21.5. The Morgan fingerprint density at radius 3 is 1.98 bits per heavy atom. The van der Waals surface area contributed by atoms with Gasteiger partial charge in [-0.25, -0.2) is 4.79 Å². The van der Waals surface area contributed by atoms with E-state index < -0.39 is 71.7 Å². The van der Waals surface area contributed by atoms with Crippen LogP contribution in [0.15, 0.2) is 36.4 Å². The van der Waals surface area contributed by atoms with Gasteiger partial charge in [0.25, 0.3) is 0 Å². The monoisotopic (exact) mass is 613 g/mol. The van der Waals surface area contributed by atoms with Gasteiger partial charge in [-0.15, -0.1) is 0 Å². The first-order valence-corrected chi connectivity index (χ1v) is 13.2. The van der Waals surface area contributed by atoms with Crippen LogP contribution in [0.25, 0.3) is 0 Å². The lowest BCUT2D eigenvalue weighted by atomic mass is 9.86. The predicted molar refractivity (Wildman–Crippen MR) is 130 cm³/mol. The number of alkyl halides is 9. The molecule has 0 aliphatic carbocycles. The molecule has 0 saturated carbocycles. The van der Waals surface area contributed by atoms with E-state index in [1.807, 2.05) is 0 Å². The van der Waals surface area contributed by atoms with Gasteiger partial charge >= 0.3 is 24.6 Å². The zero-order chi connectivity index (χ0) is 31.0. The molecule has 0 aromatic heterocycles. The minimum atomic E-state index is -5.12. The van der Waals surface area contributed by atoms with E-state index in [0.717, 1.165) is 17.0 Å². The maximum atomic E-state index is 13.7. The van der Waals surface area contributed by atoms with E-state index in [9.17, 15) is 44.3 Å². The highest BCUT2D eigenvalue weighted by atomic mass is 19.4. The number of cyclic esters (lactones) is 1. The molecular weight excluding hydrogens is 585 g/mol. The summed E-state index contributed by atoms with van der Waals surface area (Å²) in [6.45, 7) is 3.72. The Kier molecular flexibility index (Phi) is 9.08. The summed E-state index contributed by atoms with van der Waals surface area (Å²) in [5.74, 6) is -0.101. The second-order valence-electron chi connectivity index (χ2n) is 10.2. The lowest BCUT2D eigenvalue weighted by molar-refractivity contribution is -0.143. The fraction of sp³-hybridized carbons (Fsp3) is 0.536. The molecule has 232 valence electrons. The van der Waals surface area contributed by atoms with E-state index in [1.54, 1.807) is 6.92 Å². The number of hydrogen-bond acceptors (Lipinski definition) is 4. The lowest BCUT2D eigenvalue weighted by Crippen LogP contribution is -2.33. The third kappa shape index (κ3) is 6.96. The number of hydrogen-bond donors (Lipinski definition) is 0. The average molecular weight is 614 g/mol. The van der Waals surface area contributed by atoms with Crippen LogP contribution in [0.1, 0.15) is 72.3 Å². The molecule has 2 aromatic carbocycles. The van der Waals surface area contributed by atoms with E-state index in [4.69, 9.17) is 14.2 Å². The molecule has 2 aliphatic heterocycles. The third-order valence-electron chi connectivity index (χ3n) is 7.49. The Bertz CT molecular complexity index is 1240. The first-order valence-electron chi connectivity index (χ1n) is 13.2. The molecule has 2 aliphatic rings. The summed E-state index contributed by atoms with van der Waals surface area (Å²) in [4.78, 5) is 13.9. The minimum absolute atomic E-state index is 0.0399. The van der Waals surface area contributed by atoms with Crippen LogP contribution in [0.4, 0.5) is 44.3 Å². The van der Waals surface area contributed by atoms with Crippen LogP contribution >= 0.6 is 0 Å². The highest BCUT2D eigenvalue weighted by Crippen LogP contribution is 2.43. The van der Waals surface area contributed by atoms with Gasteiger partial charge in [-0.3, -0.25) is 4.90 Å². The zero-order valence-electron chi connectivity index (χ0n) is 22.5. The summed E-state index contributed by atoms with van der Waals surface area (Å²) in [7, 11) is 0. The van der Waals surface area contributed by atoms with Crippen LogP contribution in [0.3, 0.4) is 0 Å². The molecule has 2 saturated heterocycles. The van der Waals surface area contributed by atoms with Gasteiger partial charge in [-0.1, -0.05) is 6.07 Å². The van der Waals surface area contributed by atoms with Crippen LogP contribution in [-0.4, -0.2) is 36.9 Å². The Morgan fingerprint density at radius 1 is 0.881 bits per heavy atom. The van der Waals surface area contributed by atoms with E-state index >= 15 is 0 Å². The highest BCUT2D eigenvalue weighted by molar-refractivity contribution is 5.71. The molecule has 1 unspecified atom stereocenters. The van der Waals surface area contributed by atoms with Gasteiger partial charge in [-0.05, 0) is 79.6 Å². The van der Waals surface area contributed by atoms with Crippen molar-refractivity contribution < 1.29 is 58.5 Å². The quantitative estimate of drug-likeness (QED) is 0.295. The number of benzene rings is 2. The number of amides is 1. The summed E-state index contributed by atoms with van der Waals surface area (Å²) in [5.41, 5.74) is -4.24. The number of ether oxygens (including phenoxy) is 3. The molecule has 42 heavy (non-hydrogen) atoms. The lowest BCUT2D eigenvalue weighted by Gasteiger charge is -2.32. The molecular formula is C28H28F9NO4. The Labute approximate surface area is 235 Å². The first kappa shape index (κ1) is 31.9. The molecule has 2 aromatic rings. The van der Waals surface area contributed by atoms with E-state index in [1.165, 1.54) is 13.0 Å². The molecule has 0 N–H and O–H groups in total. The molecule has 14 heteroatoms. The number of nitrogens with zero attached hydrogens (tertiary/aromatic N) is 1. The second-order valence-corrected chi connectivity index (χ2v) is 10.2. The maximum Gasteiger partial charge on any atom is 0.416 e. The van der Waals surface area contributed by atoms with Gasteiger partial charge in [0.1, 0.15) is 6.10 Å². The Balaban J connectivity index is 1.72. The zero-order valence-corrected chi connectivity index (χ0v) is 22.5.